The molecule has 0 radical (unpaired) electrons. The number of rotatable bonds is 9. The predicted octanol–water partition coefficient (Wildman–Crippen LogP) is 4.30. The van der Waals surface area contributed by atoms with Gasteiger partial charge in [-0.25, -0.2) is 4.79 Å². The van der Waals surface area contributed by atoms with Crippen molar-refractivity contribution in [1.82, 2.24) is 0 Å². The van der Waals surface area contributed by atoms with Crippen LogP contribution in [0.1, 0.15) is 21.5 Å². The summed E-state index contributed by atoms with van der Waals surface area (Å²) in [6, 6.07) is 24.3. The number of Topliss-reactive ketones (excluding diaryl/α,β-unsaturated/α-hetero) is 1. The Morgan fingerprint density at radius 1 is 0.774 bits per heavy atom. The first-order chi connectivity index (χ1) is 14.9. The van der Waals surface area contributed by atoms with E-state index in [1.165, 1.54) is 0 Å². The van der Waals surface area contributed by atoms with Gasteiger partial charge in [-0.15, -0.1) is 0 Å². The van der Waals surface area contributed by atoms with E-state index in [9.17, 15) is 9.59 Å². The normalized spacial score (nSPS) is 12.6. The molecule has 0 fully saturated rings. The standard InChI is InChI=1S/C26H28NO4/c1-27(19-23(28)22-12-8-5-9-13-22,26(29)17-20-10-6-4-7-11-20)18-21-14-15-24(30-2)25(16-21)31-3/h4-16H,17-19H2,1-3H3/q+1. The van der Waals surface area contributed by atoms with Crippen LogP contribution < -0.4 is 9.47 Å². The Labute approximate surface area is 183 Å². The van der Waals surface area contributed by atoms with Crippen molar-refractivity contribution in [2.75, 3.05) is 27.8 Å². The third-order valence-electron chi connectivity index (χ3n) is 5.37. The zero-order valence-corrected chi connectivity index (χ0v) is 18.2. The van der Waals surface area contributed by atoms with E-state index >= 15 is 0 Å². The molecule has 1 atom stereocenters. The molecule has 0 aromatic heterocycles. The van der Waals surface area contributed by atoms with Gasteiger partial charge < -0.3 is 9.47 Å². The molecule has 0 aliphatic carbocycles. The van der Waals surface area contributed by atoms with Gasteiger partial charge in [-0.3, -0.25) is 9.28 Å². The van der Waals surface area contributed by atoms with Gasteiger partial charge in [0.1, 0.15) is 13.1 Å². The summed E-state index contributed by atoms with van der Waals surface area (Å²) in [5.74, 6) is 1.13. The molecule has 3 aromatic carbocycles. The van der Waals surface area contributed by atoms with Crippen molar-refractivity contribution in [3.63, 3.8) is 0 Å². The molecule has 1 unspecified atom stereocenters. The summed E-state index contributed by atoms with van der Waals surface area (Å²) < 4.78 is 10.7. The molecule has 0 spiro atoms. The lowest BCUT2D eigenvalue weighted by Gasteiger charge is -2.31. The van der Waals surface area contributed by atoms with E-state index in [1.54, 1.807) is 26.4 Å². The van der Waals surface area contributed by atoms with Crippen molar-refractivity contribution >= 4 is 11.7 Å². The minimum Gasteiger partial charge on any atom is -0.493 e. The molecular formula is C26H28NO4+. The summed E-state index contributed by atoms with van der Waals surface area (Å²) in [6.45, 7) is 0.439. The summed E-state index contributed by atoms with van der Waals surface area (Å²) >= 11 is 0. The highest BCUT2D eigenvalue weighted by atomic mass is 16.5. The van der Waals surface area contributed by atoms with E-state index in [0.29, 0.717) is 23.6 Å². The van der Waals surface area contributed by atoms with Gasteiger partial charge in [-0.05, 0) is 23.8 Å². The fourth-order valence-electron chi connectivity index (χ4n) is 3.61. The van der Waals surface area contributed by atoms with Crippen LogP contribution in [-0.2, 0) is 17.8 Å². The second-order valence-corrected chi connectivity index (χ2v) is 7.75. The first-order valence-electron chi connectivity index (χ1n) is 10.2. The second kappa shape index (κ2) is 10.0. The van der Waals surface area contributed by atoms with Crippen LogP contribution >= 0.6 is 0 Å². The topological polar surface area (TPSA) is 52.6 Å². The minimum absolute atomic E-state index is 0.0229. The minimum atomic E-state index is -0.0648. The van der Waals surface area contributed by atoms with Crippen molar-refractivity contribution in [2.45, 2.75) is 13.0 Å². The number of methoxy groups -OCH3 is 2. The highest BCUT2D eigenvalue weighted by Gasteiger charge is 2.35. The number of ketones is 1. The molecule has 1 amide bonds. The molecule has 0 aliphatic heterocycles. The van der Waals surface area contributed by atoms with Gasteiger partial charge in [0.05, 0.1) is 27.7 Å². The third-order valence-corrected chi connectivity index (χ3v) is 5.37. The molecule has 3 aromatic rings. The largest absolute Gasteiger partial charge is 0.493 e. The Kier molecular flexibility index (Phi) is 7.21. The van der Waals surface area contributed by atoms with Gasteiger partial charge in [0, 0.05) is 11.1 Å². The van der Waals surface area contributed by atoms with Crippen LogP contribution in [-0.4, -0.2) is 44.0 Å². The van der Waals surface area contributed by atoms with Crippen LogP contribution in [0.15, 0.2) is 78.9 Å². The van der Waals surface area contributed by atoms with Crippen LogP contribution in [0.2, 0.25) is 0 Å². The van der Waals surface area contributed by atoms with E-state index in [-0.39, 0.29) is 29.1 Å². The van der Waals surface area contributed by atoms with Crippen LogP contribution in [0.25, 0.3) is 0 Å². The third kappa shape index (κ3) is 5.58. The highest BCUT2D eigenvalue weighted by molar-refractivity contribution is 5.97. The van der Waals surface area contributed by atoms with Gasteiger partial charge in [-0.2, -0.15) is 0 Å². The average molecular weight is 419 g/mol. The number of carbonyl (C=O) groups excluding carboxylic acids is 2. The number of nitrogens with zero attached hydrogens (tertiary/aromatic N) is 1. The van der Waals surface area contributed by atoms with Crippen LogP contribution in [0.3, 0.4) is 0 Å². The molecule has 5 heteroatoms. The Morgan fingerprint density at radius 3 is 2.00 bits per heavy atom. The van der Waals surface area contributed by atoms with Crippen LogP contribution in [0.4, 0.5) is 0 Å². The number of quaternary nitrogens is 1. The smallest absolute Gasteiger partial charge is 0.318 e. The second-order valence-electron chi connectivity index (χ2n) is 7.75. The van der Waals surface area contributed by atoms with E-state index in [2.05, 4.69) is 0 Å². The van der Waals surface area contributed by atoms with Crippen molar-refractivity contribution in [3.8, 4) is 11.5 Å². The Bertz CT molecular complexity index is 1030. The molecule has 3 rings (SSSR count). The Hall–Kier alpha value is -3.44. The molecule has 0 heterocycles. The predicted molar refractivity (Wildman–Crippen MR) is 120 cm³/mol. The summed E-state index contributed by atoms with van der Waals surface area (Å²) in [7, 11) is 4.98. The number of carbonyl (C=O) groups is 2. The summed E-state index contributed by atoms with van der Waals surface area (Å²) in [4.78, 5) is 26.5. The Balaban J connectivity index is 1.91. The number of amides is 1. The lowest BCUT2D eigenvalue weighted by molar-refractivity contribution is -0.839. The summed E-state index contributed by atoms with van der Waals surface area (Å²) in [5.41, 5.74) is 2.42. The fourth-order valence-corrected chi connectivity index (χ4v) is 3.61. The fraction of sp³-hybridized carbons (Fsp3) is 0.231. The van der Waals surface area contributed by atoms with Gasteiger partial charge in [0.2, 0.25) is 5.78 Å². The summed E-state index contributed by atoms with van der Waals surface area (Å²) in [6.07, 6.45) is 0.257. The molecule has 0 N–H and O–H groups in total. The number of hydrogen-bond donors (Lipinski definition) is 0. The first-order valence-corrected chi connectivity index (χ1v) is 10.2. The maximum Gasteiger partial charge on any atom is 0.318 e. The molecule has 0 saturated heterocycles. The van der Waals surface area contributed by atoms with Gasteiger partial charge in [-0.1, -0.05) is 60.7 Å². The molecule has 5 nitrogen and oxygen atoms in total. The van der Waals surface area contributed by atoms with Gasteiger partial charge in [0.15, 0.2) is 11.5 Å². The molecule has 0 bridgehead atoms. The van der Waals surface area contributed by atoms with E-state index in [4.69, 9.17) is 9.47 Å². The highest BCUT2D eigenvalue weighted by Crippen LogP contribution is 2.29. The zero-order valence-electron chi connectivity index (χ0n) is 18.2. The number of benzene rings is 3. The maximum absolute atomic E-state index is 13.4. The monoisotopic (exact) mass is 418 g/mol. The van der Waals surface area contributed by atoms with Crippen molar-refractivity contribution < 1.29 is 23.5 Å². The molecule has 0 saturated carbocycles. The van der Waals surface area contributed by atoms with E-state index in [1.807, 2.05) is 73.8 Å². The van der Waals surface area contributed by atoms with Gasteiger partial charge in [0.25, 0.3) is 0 Å². The number of ether oxygens (including phenoxy) is 2. The van der Waals surface area contributed by atoms with Crippen molar-refractivity contribution in [1.29, 1.82) is 0 Å². The average Bonchev–Trinajstić information content (AvgIpc) is 2.80. The molecule has 31 heavy (non-hydrogen) atoms. The maximum atomic E-state index is 13.4. The molecule has 0 aliphatic rings. The van der Waals surface area contributed by atoms with Crippen LogP contribution in [0, 0.1) is 0 Å². The lowest BCUT2D eigenvalue weighted by Crippen LogP contribution is -2.52. The first kappa shape index (κ1) is 22.2. The Morgan fingerprint density at radius 2 is 1.39 bits per heavy atom. The number of likely N-dealkylation sites (N-methyl/N-ethyl adjacent to an activating group) is 1. The molecular weight excluding hydrogens is 390 g/mol. The lowest BCUT2D eigenvalue weighted by atomic mass is 10.1. The molecule has 160 valence electrons. The zero-order chi connectivity index (χ0) is 22.3. The van der Waals surface area contributed by atoms with E-state index in [0.717, 1.165) is 11.1 Å². The van der Waals surface area contributed by atoms with Crippen LogP contribution in [0.5, 0.6) is 11.5 Å². The van der Waals surface area contributed by atoms with Crippen molar-refractivity contribution in [2.24, 2.45) is 0 Å². The van der Waals surface area contributed by atoms with E-state index < -0.39 is 0 Å². The quantitative estimate of drug-likeness (QED) is 0.384. The van der Waals surface area contributed by atoms with Crippen molar-refractivity contribution in [3.05, 3.63) is 95.6 Å². The SMILES string of the molecule is COc1ccc(C[N+](C)(CC(=O)c2ccccc2)C(=O)Cc2ccccc2)cc1OC. The number of hydrogen-bond acceptors (Lipinski definition) is 4. The summed E-state index contributed by atoms with van der Waals surface area (Å²) in [5, 5.41) is 0. The van der Waals surface area contributed by atoms with Gasteiger partial charge >= 0.3 is 5.91 Å².